The molecular formula is C21H18O4. The summed E-state index contributed by atoms with van der Waals surface area (Å²) < 4.78 is 0. The van der Waals surface area contributed by atoms with Crippen LogP contribution in [0.1, 0.15) is 26.3 Å². The second kappa shape index (κ2) is 8.45. The summed E-state index contributed by atoms with van der Waals surface area (Å²) in [5, 5.41) is 18.7. The Hall–Kier alpha value is -3.40. The van der Waals surface area contributed by atoms with E-state index in [4.69, 9.17) is 5.11 Å². The molecule has 126 valence electrons. The Bertz CT molecular complexity index is 870. The van der Waals surface area contributed by atoms with Gasteiger partial charge in [0.25, 0.3) is 0 Å². The number of aromatic carboxylic acids is 1. The number of phenols is 1. The molecule has 3 aromatic carbocycles. The fraction of sp³-hybridized carbons (Fsp3) is 0.0476. The van der Waals surface area contributed by atoms with Gasteiger partial charge in [-0.25, -0.2) is 4.79 Å². The van der Waals surface area contributed by atoms with Gasteiger partial charge in [0.2, 0.25) is 0 Å². The molecule has 0 saturated carbocycles. The summed E-state index contributed by atoms with van der Waals surface area (Å²) in [6, 6.07) is 21.4. The predicted octanol–water partition coefficient (Wildman–Crippen LogP) is 4.56. The van der Waals surface area contributed by atoms with E-state index in [0.29, 0.717) is 5.56 Å². The van der Waals surface area contributed by atoms with Gasteiger partial charge in [0.05, 0.1) is 0 Å². The lowest BCUT2D eigenvalue weighted by molar-refractivity contribution is 0.0693. The Labute approximate surface area is 146 Å². The van der Waals surface area contributed by atoms with Gasteiger partial charge in [0, 0.05) is 11.1 Å². The average Bonchev–Trinajstić information content (AvgIpc) is 2.63. The van der Waals surface area contributed by atoms with Crippen LogP contribution in [0, 0.1) is 6.92 Å². The lowest BCUT2D eigenvalue weighted by Gasteiger charge is -2.06. The van der Waals surface area contributed by atoms with Crippen LogP contribution >= 0.6 is 0 Å². The normalized spacial score (nSPS) is 9.64. The van der Waals surface area contributed by atoms with Crippen molar-refractivity contribution in [2.24, 2.45) is 0 Å². The molecular weight excluding hydrogens is 316 g/mol. The number of rotatable bonds is 3. The zero-order valence-electron chi connectivity index (χ0n) is 13.7. The summed E-state index contributed by atoms with van der Waals surface area (Å²) in [6.45, 7) is 1.92. The van der Waals surface area contributed by atoms with Gasteiger partial charge in [-0.15, -0.1) is 0 Å². The number of aldehydes is 1. The van der Waals surface area contributed by atoms with Gasteiger partial charge < -0.3 is 10.2 Å². The van der Waals surface area contributed by atoms with Crippen molar-refractivity contribution in [3.8, 4) is 16.9 Å². The molecule has 4 nitrogen and oxygen atoms in total. The molecule has 3 aromatic rings. The quantitative estimate of drug-likeness (QED) is 0.688. The molecule has 0 radical (unpaired) electrons. The summed E-state index contributed by atoms with van der Waals surface area (Å²) in [5.74, 6) is -1.32. The standard InChI is InChI=1S/C13H10O3.C8H8O/c14-12-10(9-5-2-1-3-6-9)7-4-8-11(12)13(15)16;1-7-4-2-3-5-8(7)6-9/h1-8,14H,(H,15,16);2-6H,1H3. The summed E-state index contributed by atoms with van der Waals surface area (Å²) in [6.07, 6.45) is 0.870. The highest BCUT2D eigenvalue weighted by molar-refractivity contribution is 5.94. The Kier molecular flexibility index (Phi) is 6.07. The molecule has 0 unspecified atom stereocenters. The van der Waals surface area contributed by atoms with Gasteiger partial charge in [-0.05, 0) is 24.1 Å². The summed E-state index contributed by atoms with van der Waals surface area (Å²) in [4.78, 5) is 21.1. The molecule has 0 spiro atoms. The number of para-hydroxylation sites is 1. The highest BCUT2D eigenvalue weighted by Gasteiger charge is 2.13. The lowest BCUT2D eigenvalue weighted by atomic mass is 10.0. The maximum atomic E-state index is 10.8. The monoisotopic (exact) mass is 334 g/mol. The van der Waals surface area contributed by atoms with E-state index in [1.54, 1.807) is 12.1 Å². The van der Waals surface area contributed by atoms with Gasteiger partial charge >= 0.3 is 5.97 Å². The first-order valence-corrected chi connectivity index (χ1v) is 7.66. The minimum atomic E-state index is -1.13. The number of aromatic hydroxyl groups is 1. The van der Waals surface area contributed by atoms with Gasteiger partial charge in [-0.2, -0.15) is 0 Å². The summed E-state index contributed by atoms with van der Waals surface area (Å²) in [7, 11) is 0. The number of carbonyl (C=O) groups excluding carboxylic acids is 1. The minimum Gasteiger partial charge on any atom is -0.506 e. The fourth-order valence-corrected chi connectivity index (χ4v) is 2.29. The second-order valence-electron chi connectivity index (χ2n) is 5.35. The first-order chi connectivity index (χ1) is 12.0. The Morgan fingerprint density at radius 3 is 2.08 bits per heavy atom. The maximum Gasteiger partial charge on any atom is 0.339 e. The predicted molar refractivity (Wildman–Crippen MR) is 97.1 cm³/mol. The van der Waals surface area contributed by atoms with Crippen LogP contribution in [0.5, 0.6) is 5.75 Å². The Morgan fingerprint density at radius 2 is 1.52 bits per heavy atom. The van der Waals surface area contributed by atoms with Crippen molar-refractivity contribution in [3.63, 3.8) is 0 Å². The molecule has 0 aromatic heterocycles. The molecule has 0 amide bonds. The summed E-state index contributed by atoms with van der Waals surface area (Å²) >= 11 is 0. The molecule has 0 bridgehead atoms. The third-order valence-corrected chi connectivity index (χ3v) is 3.67. The third kappa shape index (κ3) is 4.54. The van der Waals surface area contributed by atoms with Crippen LogP contribution in [0.25, 0.3) is 11.1 Å². The van der Waals surface area contributed by atoms with E-state index in [2.05, 4.69) is 0 Å². The van der Waals surface area contributed by atoms with Crippen LogP contribution in [0.15, 0.2) is 72.8 Å². The minimum absolute atomic E-state index is 0.0821. The Balaban J connectivity index is 0.000000212. The molecule has 0 saturated heterocycles. The van der Waals surface area contributed by atoms with Crippen molar-refractivity contribution >= 4 is 12.3 Å². The number of carbonyl (C=O) groups is 2. The number of hydrogen-bond donors (Lipinski definition) is 2. The van der Waals surface area contributed by atoms with Crippen LogP contribution < -0.4 is 0 Å². The number of carboxylic acid groups (broad SMARTS) is 1. The van der Waals surface area contributed by atoms with Crippen molar-refractivity contribution in [1.29, 1.82) is 0 Å². The molecule has 4 heteroatoms. The fourth-order valence-electron chi connectivity index (χ4n) is 2.29. The first-order valence-electron chi connectivity index (χ1n) is 7.66. The molecule has 0 aliphatic carbocycles. The van der Waals surface area contributed by atoms with E-state index in [9.17, 15) is 14.7 Å². The zero-order chi connectivity index (χ0) is 18.2. The van der Waals surface area contributed by atoms with Gasteiger partial charge in [-0.3, -0.25) is 4.79 Å². The van der Waals surface area contributed by atoms with Gasteiger partial charge in [0.1, 0.15) is 17.6 Å². The van der Waals surface area contributed by atoms with E-state index in [1.165, 1.54) is 6.07 Å². The summed E-state index contributed by atoms with van der Waals surface area (Å²) in [5.41, 5.74) is 3.05. The SMILES string of the molecule is Cc1ccccc1C=O.O=C(O)c1cccc(-c2ccccc2)c1O. The van der Waals surface area contributed by atoms with Gasteiger partial charge in [0.15, 0.2) is 0 Å². The molecule has 0 aliphatic rings. The van der Waals surface area contributed by atoms with Crippen molar-refractivity contribution in [3.05, 3.63) is 89.5 Å². The second-order valence-corrected chi connectivity index (χ2v) is 5.35. The number of carboxylic acids is 1. The van der Waals surface area contributed by atoms with E-state index in [0.717, 1.165) is 23.0 Å². The molecule has 25 heavy (non-hydrogen) atoms. The van der Waals surface area contributed by atoms with Crippen molar-refractivity contribution in [2.75, 3.05) is 0 Å². The van der Waals surface area contributed by atoms with Crippen molar-refractivity contribution in [1.82, 2.24) is 0 Å². The molecule has 0 atom stereocenters. The molecule has 2 N–H and O–H groups in total. The smallest absolute Gasteiger partial charge is 0.339 e. The number of aryl methyl sites for hydroxylation is 1. The molecule has 0 fully saturated rings. The highest BCUT2D eigenvalue weighted by atomic mass is 16.4. The van der Waals surface area contributed by atoms with E-state index in [1.807, 2.05) is 61.5 Å². The van der Waals surface area contributed by atoms with Crippen LogP contribution in [-0.2, 0) is 0 Å². The Morgan fingerprint density at radius 1 is 0.880 bits per heavy atom. The van der Waals surface area contributed by atoms with Crippen LogP contribution in [0.4, 0.5) is 0 Å². The topological polar surface area (TPSA) is 74.6 Å². The zero-order valence-corrected chi connectivity index (χ0v) is 13.7. The van der Waals surface area contributed by atoms with E-state index in [-0.39, 0.29) is 11.3 Å². The first kappa shape index (κ1) is 17.9. The molecule has 0 heterocycles. The molecule has 0 aliphatic heterocycles. The highest BCUT2D eigenvalue weighted by Crippen LogP contribution is 2.31. The van der Waals surface area contributed by atoms with Crippen LogP contribution in [-0.4, -0.2) is 22.5 Å². The van der Waals surface area contributed by atoms with Crippen LogP contribution in [0.3, 0.4) is 0 Å². The maximum absolute atomic E-state index is 10.8. The largest absolute Gasteiger partial charge is 0.506 e. The number of hydrogen-bond acceptors (Lipinski definition) is 3. The average molecular weight is 334 g/mol. The number of benzene rings is 3. The van der Waals surface area contributed by atoms with Gasteiger partial charge in [-0.1, -0.05) is 66.7 Å². The third-order valence-electron chi connectivity index (χ3n) is 3.67. The van der Waals surface area contributed by atoms with Crippen molar-refractivity contribution in [2.45, 2.75) is 6.92 Å². The van der Waals surface area contributed by atoms with E-state index >= 15 is 0 Å². The van der Waals surface area contributed by atoms with Crippen molar-refractivity contribution < 1.29 is 19.8 Å². The van der Waals surface area contributed by atoms with Crippen LogP contribution in [0.2, 0.25) is 0 Å². The molecule has 3 rings (SSSR count). The lowest BCUT2D eigenvalue weighted by Crippen LogP contribution is -1.97. The van der Waals surface area contributed by atoms with E-state index < -0.39 is 5.97 Å².